The number of amides is 1. The van der Waals surface area contributed by atoms with Gasteiger partial charge >= 0.3 is 5.97 Å². The summed E-state index contributed by atoms with van der Waals surface area (Å²) < 4.78 is 0. The fourth-order valence-electron chi connectivity index (χ4n) is 4.50. The summed E-state index contributed by atoms with van der Waals surface area (Å²) in [7, 11) is 0. The van der Waals surface area contributed by atoms with Crippen LogP contribution in [0.15, 0.2) is 30.3 Å². The minimum atomic E-state index is -0.716. The second kappa shape index (κ2) is 8.67. The van der Waals surface area contributed by atoms with Crippen molar-refractivity contribution in [2.24, 2.45) is 5.41 Å². The average molecular weight is 358 g/mol. The molecule has 0 saturated carbocycles. The lowest BCUT2D eigenvalue weighted by Crippen LogP contribution is -2.54. The zero-order valence-corrected chi connectivity index (χ0v) is 15.5. The van der Waals surface area contributed by atoms with Gasteiger partial charge in [-0.2, -0.15) is 0 Å². The van der Waals surface area contributed by atoms with Crippen LogP contribution in [-0.4, -0.2) is 59.5 Å². The SMILES string of the molecule is O=C(O)CCCN1CCC[C@]2(CCC(=O)N(CCc3ccccc3)C2)C1. The van der Waals surface area contributed by atoms with Crippen LogP contribution in [0.3, 0.4) is 0 Å². The van der Waals surface area contributed by atoms with Crippen molar-refractivity contribution in [1.29, 1.82) is 0 Å². The summed E-state index contributed by atoms with van der Waals surface area (Å²) in [5.74, 6) is -0.429. The molecule has 142 valence electrons. The molecule has 5 heteroatoms. The van der Waals surface area contributed by atoms with E-state index < -0.39 is 5.97 Å². The minimum absolute atomic E-state index is 0.200. The Balaban J connectivity index is 1.55. The van der Waals surface area contributed by atoms with E-state index >= 15 is 0 Å². The maximum absolute atomic E-state index is 12.4. The molecule has 26 heavy (non-hydrogen) atoms. The van der Waals surface area contributed by atoms with Crippen molar-refractivity contribution in [3.8, 4) is 0 Å². The number of carboxylic acids is 1. The normalized spacial score (nSPS) is 24.2. The maximum Gasteiger partial charge on any atom is 0.303 e. The standard InChI is InChI=1S/C21H30N2O3/c24-19-9-12-21(11-5-14-22(16-21)13-4-8-20(25)26)17-23(19)15-10-18-6-2-1-3-7-18/h1-3,6-7H,4-5,8-17H2,(H,25,26)/t21-/m0/s1. The average Bonchev–Trinajstić information content (AvgIpc) is 2.64. The summed E-state index contributed by atoms with van der Waals surface area (Å²) in [6.07, 6.45) is 5.81. The minimum Gasteiger partial charge on any atom is -0.481 e. The quantitative estimate of drug-likeness (QED) is 0.814. The van der Waals surface area contributed by atoms with E-state index in [9.17, 15) is 9.59 Å². The van der Waals surface area contributed by atoms with Gasteiger partial charge in [-0.05, 0) is 50.8 Å². The first kappa shape index (κ1) is 18.9. The van der Waals surface area contributed by atoms with Gasteiger partial charge in [0, 0.05) is 37.9 Å². The van der Waals surface area contributed by atoms with Gasteiger partial charge in [-0.15, -0.1) is 0 Å². The molecule has 1 aromatic carbocycles. The summed E-state index contributed by atoms with van der Waals surface area (Å²) >= 11 is 0. The van der Waals surface area contributed by atoms with Crippen LogP contribution >= 0.6 is 0 Å². The highest BCUT2D eigenvalue weighted by atomic mass is 16.4. The molecule has 1 aromatic rings. The number of carbonyl (C=O) groups excluding carboxylic acids is 1. The number of rotatable bonds is 7. The third-order valence-electron chi connectivity index (χ3n) is 5.87. The van der Waals surface area contributed by atoms with Crippen LogP contribution in [0.5, 0.6) is 0 Å². The van der Waals surface area contributed by atoms with Crippen LogP contribution in [-0.2, 0) is 16.0 Å². The zero-order valence-electron chi connectivity index (χ0n) is 15.5. The summed E-state index contributed by atoms with van der Waals surface area (Å²) in [4.78, 5) is 27.6. The first-order valence-corrected chi connectivity index (χ1v) is 9.82. The van der Waals surface area contributed by atoms with Gasteiger partial charge in [0.1, 0.15) is 0 Å². The lowest BCUT2D eigenvalue weighted by Gasteiger charge is -2.48. The molecule has 5 nitrogen and oxygen atoms in total. The predicted molar refractivity (Wildman–Crippen MR) is 101 cm³/mol. The van der Waals surface area contributed by atoms with Gasteiger partial charge in [0.2, 0.25) is 5.91 Å². The summed E-state index contributed by atoms with van der Waals surface area (Å²) in [6.45, 7) is 4.56. The molecule has 0 unspecified atom stereocenters. The van der Waals surface area contributed by atoms with E-state index in [-0.39, 0.29) is 17.7 Å². The molecule has 1 amide bonds. The number of benzene rings is 1. The van der Waals surface area contributed by atoms with E-state index in [1.54, 1.807) is 0 Å². The molecular formula is C21H30N2O3. The molecule has 0 radical (unpaired) electrons. The molecule has 0 aromatic heterocycles. The topological polar surface area (TPSA) is 60.9 Å². The van der Waals surface area contributed by atoms with E-state index in [2.05, 4.69) is 21.9 Å². The first-order chi connectivity index (χ1) is 12.6. The van der Waals surface area contributed by atoms with Gasteiger partial charge in [0.25, 0.3) is 0 Å². The Bertz CT molecular complexity index is 619. The Morgan fingerprint density at radius 3 is 2.69 bits per heavy atom. The second-order valence-electron chi connectivity index (χ2n) is 7.93. The van der Waals surface area contributed by atoms with Gasteiger partial charge in [-0.1, -0.05) is 30.3 Å². The number of hydrogen-bond acceptors (Lipinski definition) is 3. The van der Waals surface area contributed by atoms with Gasteiger partial charge in [-0.3, -0.25) is 9.59 Å². The van der Waals surface area contributed by atoms with Gasteiger partial charge < -0.3 is 14.9 Å². The van der Waals surface area contributed by atoms with Crippen molar-refractivity contribution in [2.75, 3.05) is 32.7 Å². The number of aliphatic carboxylic acids is 1. The molecule has 2 saturated heterocycles. The molecule has 2 aliphatic rings. The lowest BCUT2D eigenvalue weighted by molar-refractivity contribution is -0.140. The van der Waals surface area contributed by atoms with Crippen LogP contribution in [0.2, 0.25) is 0 Å². The largest absolute Gasteiger partial charge is 0.481 e. The maximum atomic E-state index is 12.4. The molecule has 0 bridgehead atoms. The van der Waals surface area contributed by atoms with Gasteiger partial charge in [0.05, 0.1) is 0 Å². The molecule has 1 atom stereocenters. The molecule has 3 rings (SSSR count). The van der Waals surface area contributed by atoms with Crippen LogP contribution in [0.4, 0.5) is 0 Å². The number of carbonyl (C=O) groups is 2. The van der Waals surface area contributed by atoms with Crippen LogP contribution in [0.1, 0.15) is 44.1 Å². The predicted octanol–water partition coefficient (Wildman–Crippen LogP) is 2.80. The summed E-state index contributed by atoms with van der Waals surface area (Å²) in [5.41, 5.74) is 1.48. The smallest absolute Gasteiger partial charge is 0.303 e. The summed E-state index contributed by atoms with van der Waals surface area (Å²) in [5, 5.41) is 8.84. The Morgan fingerprint density at radius 2 is 1.92 bits per heavy atom. The number of likely N-dealkylation sites (tertiary alicyclic amines) is 2. The van der Waals surface area contributed by atoms with Crippen molar-refractivity contribution in [1.82, 2.24) is 9.80 Å². The van der Waals surface area contributed by atoms with Gasteiger partial charge in [0.15, 0.2) is 0 Å². The third kappa shape index (κ3) is 5.07. The number of carboxylic acid groups (broad SMARTS) is 1. The number of hydrogen-bond donors (Lipinski definition) is 1. The fraction of sp³-hybridized carbons (Fsp3) is 0.619. The van der Waals surface area contributed by atoms with Crippen molar-refractivity contribution in [2.45, 2.75) is 44.9 Å². The Labute approximate surface area is 156 Å². The highest BCUT2D eigenvalue weighted by molar-refractivity contribution is 5.77. The van der Waals surface area contributed by atoms with Crippen LogP contribution in [0, 0.1) is 5.41 Å². The fourth-order valence-corrected chi connectivity index (χ4v) is 4.50. The summed E-state index contributed by atoms with van der Waals surface area (Å²) in [6, 6.07) is 10.4. The molecule has 2 aliphatic heterocycles. The van der Waals surface area contributed by atoms with Crippen molar-refractivity contribution in [3.63, 3.8) is 0 Å². The van der Waals surface area contributed by atoms with E-state index in [0.29, 0.717) is 12.8 Å². The van der Waals surface area contributed by atoms with Crippen LogP contribution in [0.25, 0.3) is 0 Å². The molecule has 1 spiro atoms. The Morgan fingerprint density at radius 1 is 1.12 bits per heavy atom. The highest BCUT2D eigenvalue weighted by Crippen LogP contribution is 2.39. The monoisotopic (exact) mass is 358 g/mol. The van der Waals surface area contributed by atoms with Gasteiger partial charge in [-0.25, -0.2) is 0 Å². The van der Waals surface area contributed by atoms with E-state index in [1.165, 1.54) is 12.0 Å². The van der Waals surface area contributed by atoms with Crippen LogP contribution < -0.4 is 0 Å². The third-order valence-corrected chi connectivity index (χ3v) is 5.87. The van der Waals surface area contributed by atoms with Crippen molar-refractivity contribution >= 4 is 11.9 Å². The lowest BCUT2D eigenvalue weighted by atomic mass is 9.73. The van der Waals surface area contributed by atoms with E-state index in [1.807, 2.05) is 18.2 Å². The Hall–Kier alpha value is -1.88. The molecule has 2 fully saturated rings. The highest BCUT2D eigenvalue weighted by Gasteiger charge is 2.41. The molecule has 1 N–H and O–H groups in total. The zero-order chi connectivity index (χ0) is 18.4. The number of nitrogens with zero attached hydrogens (tertiary/aromatic N) is 2. The van der Waals surface area contributed by atoms with Crippen molar-refractivity contribution < 1.29 is 14.7 Å². The number of piperidine rings is 2. The molecule has 0 aliphatic carbocycles. The molecular weight excluding hydrogens is 328 g/mol. The van der Waals surface area contributed by atoms with E-state index in [4.69, 9.17) is 5.11 Å². The van der Waals surface area contributed by atoms with E-state index in [0.717, 1.165) is 52.0 Å². The second-order valence-corrected chi connectivity index (χ2v) is 7.93. The van der Waals surface area contributed by atoms with Crippen molar-refractivity contribution in [3.05, 3.63) is 35.9 Å². The Kier molecular flexibility index (Phi) is 6.30. The molecule has 2 heterocycles. The first-order valence-electron chi connectivity index (χ1n) is 9.82.